The zero-order chi connectivity index (χ0) is 21.4. The van der Waals surface area contributed by atoms with Crippen molar-refractivity contribution in [1.29, 1.82) is 0 Å². The van der Waals surface area contributed by atoms with Crippen LogP contribution in [0.2, 0.25) is 0 Å². The summed E-state index contributed by atoms with van der Waals surface area (Å²) in [4.78, 5) is 35.0. The molecular formula is C23H20N4O2S. The number of aryl methyl sites for hydroxylation is 2. The van der Waals surface area contributed by atoms with E-state index in [4.69, 9.17) is 10.7 Å². The number of carbonyl (C=O) groups is 2. The summed E-state index contributed by atoms with van der Waals surface area (Å²) in [7, 11) is 0. The number of nitrogens with two attached hydrogens (primary N) is 1. The summed E-state index contributed by atoms with van der Waals surface area (Å²) >= 11 is 1.34. The minimum atomic E-state index is -0.557. The van der Waals surface area contributed by atoms with E-state index >= 15 is 0 Å². The van der Waals surface area contributed by atoms with Gasteiger partial charge in [0, 0.05) is 28.2 Å². The number of primary amides is 1. The smallest absolute Gasteiger partial charge is 0.257 e. The van der Waals surface area contributed by atoms with Gasteiger partial charge in [-0.3, -0.25) is 14.6 Å². The second kappa shape index (κ2) is 7.68. The average molecular weight is 417 g/mol. The zero-order valence-electron chi connectivity index (χ0n) is 16.8. The molecule has 150 valence electrons. The van der Waals surface area contributed by atoms with Gasteiger partial charge in [0.05, 0.1) is 22.3 Å². The molecule has 2 amide bonds. The maximum Gasteiger partial charge on any atom is 0.257 e. The number of benzene rings is 1. The van der Waals surface area contributed by atoms with Crippen molar-refractivity contribution in [3.63, 3.8) is 0 Å². The fourth-order valence-corrected chi connectivity index (χ4v) is 4.43. The largest absolute Gasteiger partial charge is 0.365 e. The molecule has 4 aromatic rings. The van der Waals surface area contributed by atoms with E-state index in [-0.39, 0.29) is 5.91 Å². The summed E-state index contributed by atoms with van der Waals surface area (Å²) in [5.74, 6) is -0.875. The lowest BCUT2D eigenvalue weighted by molar-refractivity contribution is 0.100. The van der Waals surface area contributed by atoms with E-state index < -0.39 is 5.91 Å². The van der Waals surface area contributed by atoms with Crippen LogP contribution in [0, 0.1) is 20.8 Å². The molecule has 0 aliphatic carbocycles. The molecule has 3 N–H and O–H groups in total. The van der Waals surface area contributed by atoms with Crippen molar-refractivity contribution in [3.8, 4) is 11.3 Å². The number of pyridine rings is 2. The first-order chi connectivity index (χ1) is 14.3. The molecule has 30 heavy (non-hydrogen) atoms. The third kappa shape index (κ3) is 3.55. The van der Waals surface area contributed by atoms with Crippen LogP contribution in [0.4, 0.5) is 5.00 Å². The van der Waals surface area contributed by atoms with Gasteiger partial charge in [-0.1, -0.05) is 11.6 Å². The molecule has 0 fully saturated rings. The molecule has 0 bridgehead atoms. The van der Waals surface area contributed by atoms with Crippen LogP contribution in [0.15, 0.2) is 48.8 Å². The minimum Gasteiger partial charge on any atom is -0.365 e. The molecule has 4 rings (SSSR count). The highest BCUT2D eigenvalue weighted by Crippen LogP contribution is 2.33. The summed E-state index contributed by atoms with van der Waals surface area (Å²) in [6.45, 7) is 5.69. The van der Waals surface area contributed by atoms with Crippen molar-refractivity contribution in [2.45, 2.75) is 20.8 Å². The predicted octanol–water partition coefficient (Wildman–Crippen LogP) is 4.63. The van der Waals surface area contributed by atoms with Gasteiger partial charge in [0.2, 0.25) is 0 Å². The third-order valence-electron chi connectivity index (χ3n) is 5.02. The molecule has 0 saturated carbocycles. The number of fused-ring (bicyclic) bond motifs is 1. The van der Waals surface area contributed by atoms with Gasteiger partial charge in [0.15, 0.2) is 0 Å². The standard InChI is InChI=1S/C23H20N4O2S/c1-12-6-7-18-16(9-12)17(10-19(26-18)15-5-4-8-25-11-15)22(29)27-23-20(21(24)28)13(2)14(3)30-23/h4-11H,1-3H3,(H2,24,28)(H,27,29). The van der Waals surface area contributed by atoms with Gasteiger partial charge in [-0.2, -0.15) is 0 Å². The molecule has 1 aromatic carbocycles. The van der Waals surface area contributed by atoms with Gasteiger partial charge >= 0.3 is 0 Å². The highest BCUT2D eigenvalue weighted by molar-refractivity contribution is 7.16. The molecule has 0 radical (unpaired) electrons. The van der Waals surface area contributed by atoms with Crippen LogP contribution in [-0.2, 0) is 0 Å². The van der Waals surface area contributed by atoms with E-state index in [0.717, 1.165) is 27.0 Å². The van der Waals surface area contributed by atoms with Crippen LogP contribution in [0.3, 0.4) is 0 Å². The van der Waals surface area contributed by atoms with E-state index in [1.165, 1.54) is 11.3 Å². The van der Waals surface area contributed by atoms with Crippen LogP contribution in [0.25, 0.3) is 22.2 Å². The van der Waals surface area contributed by atoms with Crippen molar-refractivity contribution in [2.75, 3.05) is 5.32 Å². The van der Waals surface area contributed by atoms with Crippen molar-refractivity contribution in [2.24, 2.45) is 5.73 Å². The Bertz CT molecular complexity index is 1300. The van der Waals surface area contributed by atoms with E-state index in [0.29, 0.717) is 27.3 Å². The summed E-state index contributed by atoms with van der Waals surface area (Å²) in [6, 6.07) is 11.3. The van der Waals surface area contributed by atoms with E-state index in [1.54, 1.807) is 18.5 Å². The summed E-state index contributed by atoms with van der Waals surface area (Å²) in [5.41, 5.74) is 10.4. The summed E-state index contributed by atoms with van der Waals surface area (Å²) in [5, 5.41) is 4.10. The Hall–Kier alpha value is -3.58. The first-order valence-corrected chi connectivity index (χ1v) is 10.2. The number of carbonyl (C=O) groups excluding carboxylic acids is 2. The molecule has 7 heteroatoms. The Morgan fingerprint density at radius 3 is 2.60 bits per heavy atom. The maximum absolute atomic E-state index is 13.3. The van der Waals surface area contributed by atoms with Crippen LogP contribution in [0.1, 0.15) is 36.7 Å². The number of anilines is 1. The van der Waals surface area contributed by atoms with Crippen molar-refractivity contribution < 1.29 is 9.59 Å². The van der Waals surface area contributed by atoms with Gasteiger partial charge in [-0.15, -0.1) is 11.3 Å². The van der Waals surface area contributed by atoms with Crippen LogP contribution >= 0.6 is 11.3 Å². The Morgan fingerprint density at radius 1 is 1.10 bits per heavy atom. The first kappa shape index (κ1) is 19.7. The molecule has 3 heterocycles. The number of thiophene rings is 1. The van der Waals surface area contributed by atoms with Crippen LogP contribution in [-0.4, -0.2) is 21.8 Å². The lowest BCUT2D eigenvalue weighted by Gasteiger charge is -2.11. The molecule has 0 atom stereocenters. The molecular weight excluding hydrogens is 396 g/mol. The van der Waals surface area contributed by atoms with Gasteiger partial charge in [-0.25, -0.2) is 4.98 Å². The lowest BCUT2D eigenvalue weighted by atomic mass is 10.0. The van der Waals surface area contributed by atoms with Crippen LogP contribution in [0.5, 0.6) is 0 Å². The normalized spacial score (nSPS) is 10.9. The summed E-state index contributed by atoms with van der Waals surface area (Å²) in [6.07, 6.45) is 3.40. The minimum absolute atomic E-state index is 0.318. The van der Waals surface area contributed by atoms with E-state index in [2.05, 4.69) is 10.3 Å². The Balaban J connectivity index is 1.85. The second-order valence-electron chi connectivity index (χ2n) is 7.12. The number of nitrogens with zero attached hydrogens (tertiary/aromatic N) is 2. The quantitative estimate of drug-likeness (QED) is 0.506. The van der Waals surface area contributed by atoms with Crippen molar-refractivity contribution in [3.05, 3.63) is 75.9 Å². The lowest BCUT2D eigenvalue weighted by Crippen LogP contribution is -2.18. The van der Waals surface area contributed by atoms with Crippen LogP contribution < -0.4 is 11.1 Å². The Morgan fingerprint density at radius 2 is 1.90 bits per heavy atom. The van der Waals surface area contributed by atoms with Gasteiger partial charge in [0.25, 0.3) is 11.8 Å². The molecule has 0 unspecified atom stereocenters. The first-order valence-electron chi connectivity index (χ1n) is 9.38. The van der Waals surface area contributed by atoms with E-state index in [1.807, 2.05) is 51.1 Å². The van der Waals surface area contributed by atoms with Gasteiger partial charge < -0.3 is 11.1 Å². The number of aromatic nitrogens is 2. The SMILES string of the molecule is Cc1ccc2nc(-c3cccnc3)cc(C(=O)Nc3sc(C)c(C)c3C(N)=O)c2c1. The van der Waals surface area contributed by atoms with Crippen molar-refractivity contribution in [1.82, 2.24) is 9.97 Å². The second-order valence-corrected chi connectivity index (χ2v) is 8.35. The van der Waals surface area contributed by atoms with E-state index in [9.17, 15) is 9.59 Å². The molecule has 6 nitrogen and oxygen atoms in total. The molecule has 0 aliphatic rings. The fourth-order valence-electron chi connectivity index (χ4n) is 3.37. The Kier molecular flexibility index (Phi) is 5.05. The number of hydrogen-bond donors (Lipinski definition) is 2. The molecule has 3 aromatic heterocycles. The highest BCUT2D eigenvalue weighted by Gasteiger charge is 2.21. The maximum atomic E-state index is 13.3. The van der Waals surface area contributed by atoms with Crippen molar-refractivity contribution >= 4 is 39.1 Å². The predicted molar refractivity (Wildman–Crippen MR) is 120 cm³/mol. The Labute approximate surface area is 177 Å². The van der Waals surface area contributed by atoms with Gasteiger partial charge in [0.1, 0.15) is 5.00 Å². The number of nitrogens with one attached hydrogen (secondary N) is 1. The zero-order valence-corrected chi connectivity index (χ0v) is 17.6. The number of rotatable bonds is 4. The topological polar surface area (TPSA) is 98.0 Å². The summed E-state index contributed by atoms with van der Waals surface area (Å²) < 4.78 is 0. The molecule has 0 spiro atoms. The third-order valence-corrected chi connectivity index (χ3v) is 6.15. The fraction of sp³-hybridized carbons (Fsp3) is 0.130. The highest BCUT2D eigenvalue weighted by atomic mass is 32.1. The number of hydrogen-bond acceptors (Lipinski definition) is 5. The monoisotopic (exact) mass is 416 g/mol. The molecule has 0 saturated heterocycles. The number of amides is 2. The molecule has 0 aliphatic heterocycles. The average Bonchev–Trinajstić information content (AvgIpc) is 3.01. The van der Waals surface area contributed by atoms with Gasteiger partial charge in [-0.05, 0) is 56.7 Å².